The summed E-state index contributed by atoms with van der Waals surface area (Å²) < 4.78 is 6.10. The molecule has 2 aliphatic heterocycles. The molecule has 0 spiro atoms. The highest BCUT2D eigenvalue weighted by Crippen LogP contribution is 2.33. The third-order valence-corrected chi connectivity index (χ3v) is 5.47. The van der Waals surface area contributed by atoms with Crippen LogP contribution in [0.1, 0.15) is 24.3 Å². The van der Waals surface area contributed by atoms with Crippen LogP contribution in [0.4, 0.5) is 5.69 Å². The molecule has 6 nitrogen and oxygen atoms in total. The van der Waals surface area contributed by atoms with Crippen LogP contribution in [0, 0.1) is 0 Å². The molecule has 2 aromatic rings. The van der Waals surface area contributed by atoms with Gasteiger partial charge in [0.1, 0.15) is 11.1 Å². The molecule has 2 aliphatic rings. The van der Waals surface area contributed by atoms with E-state index in [4.69, 9.17) is 4.74 Å². The third-order valence-electron chi connectivity index (χ3n) is 4.71. The van der Waals surface area contributed by atoms with Crippen molar-refractivity contribution >= 4 is 22.9 Å². The number of nitrogens with one attached hydrogen (secondary N) is 1. The maximum absolute atomic E-state index is 12.4. The van der Waals surface area contributed by atoms with Crippen molar-refractivity contribution in [2.75, 3.05) is 11.9 Å². The van der Waals surface area contributed by atoms with Crippen molar-refractivity contribution in [2.24, 2.45) is 0 Å². The zero-order valence-corrected chi connectivity index (χ0v) is 14.1. The number of carbonyl (C=O) groups excluding carboxylic acids is 1. The van der Waals surface area contributed by atoms with Gasteiger partial charge in [-0.05, 0) is 31.4 Å². The van der Waals surface area contributed by atoms with E-state index in [2.05, 4.69) is 20.2 Å². The standard InChI is InChI=1S/C17H20N4O2S/c22-17(20-12-2-1-6-18-10-12)15-4-3-13-14(23-15)5-8-21(13)11-16-19-7-9-24-16/h1-2,6-7,9-10,13-15H,3-5,8,11H2,(H,20,22)/t13-,14-,15-/m1/s1. The second kappa shape index (κ2) is 6.96. The van der Waals surface area contributed by atoms with E-state index < -0.39 is 0 Å². The predicted molar refractivity (Wildman–Crippen MR) is 91.7 cm³/mol. The number of aromatic nitrogens is 2. The Kier molecular flexibility index (Phi) is 4.55. The number of carbonyl (C=O) groups is 1. The molecular weight excluding hydrogens is 324 g/mol. The van der Waals surface area contributed by atoms with Crippen LogP contribution in [0.15, 0.2) is 36.1 Å². The Balaban J connectivity index is 1.34. The summed E-state index contributed by atoms with van der Waals surface area (Å²) in [5.41, 5.74) is 0.713. The van der Waals surface area contributed by atoms with Crippen molar-refractivity contribution in [3.63, 3.8) is 0 Å². The first-order valence-corrected chi connectivity index (χ1v) is 9.16. The fraction of sp³-hybridized carbons (Fsp3) is 0.471. The predicted octanol–water partition coefficient (Wildman–Crippen LogP) is 2.30. The molecule has 126 valence electrons. The maximum Gasteiger partial charge on any atom is 0.253 e. The van der Waals surface area contributed by atoms with Crippen LogP contribution in [0.25, 0.3) is 0 Å². The van der Waals surface area contributed by atoms with Crippen LogP contribution in [-0.4, -0.2) is 45.6 Å². The average Bonchev–Trinajstić information content (AvgIpc) is 3.26. The van der Waals surface area contributed by atoms with Gasteiger partial charge < -0.3 is 10.1 Å². The summed E-state index contributed by atoms with van der Waals surface area (Å²) >= 11 is 1.69. The quantitative estimate of drug-likeness (QED) is 0.922. The van der Waals surface area contributed by atoms with E-state index in [-0.39, 0.29) is 18.1 Å². The lowest BCUT2D eigenvalue weighted by Gasteiger charge is -2.35. The van der Waals surface area contributed by atoms with Crippen molar-refractivity contribution < 1.29 is 9.53 Å². The summed E-state index contributed by atoms with van der Waals surface area (Å²) in [4.78, 5) is 23.2. The van der Waals surface area contributed by atoms with Gasteiger partial charge in [-0.2, -0.15) is 0 Å². The largest absolute Gasteiger partial charge is 0.363 e. The number of pyridine rings is 1. The van der Waals surface area contributed by atoms with Crippen LogP contribution in [0.2, 0.25) is 0 Å². The lowest BCUT2D eigenvalue weighted by molar-refractivity contribution is -0.138. The number of likely N-dealkylation sites (tertiary alicyclic amines) is 1. The van der Waals surface area contributed by atoms with E-state index in [1.165, 1.54) is 0 Å². The van der Waals surface area contributed by atoms with E-state index in [1.807, 2.05) is 17.6 Å². The fourth-order valence-corrected chi connectivity index (χ4v) is 4.21. The van der Waals surface area contributed by atoms with Crippen LogP contribution in [0.5, 0.6) is 0 Å². The molecule has 4 rings (SSSR count). The first kappa shape index (κ1) is 15.7. The minimum atomic E-state index is -0.369. The number of anilines is 1. The van der Waals surface area contributed by atoms with E-state index in [1.54, 1.807) is 29.8 Å². The lowest BCUT2D eigenvalue weighted by atomic mass is 9.98. The monoisotopic (exact) mass is 344 g/mol. The highest BCUT2D eigenvalue weighted by Gasteiger charge is 2.41. The van der Waals surface area contributed by atoms with Crippen molar-refractivity contribution in [2.45, 2.75) is 44.1 Å². The summed E-state index contributed by atoms with van der Waals surface area (Å²) in [6.07, 6.45) is 7.68. The van der Waals surface area contributed by atoms with Crippen LogP contribution >= 0.6 is 11.3 Å². The Bertz CT molecular complexity index is 679. The number of hydrogen-bond donors (Lipinski definition) is 1. The van der Waals surface area contributed by atoms with Crippen LogP contribution in [-0.2, 0) is 16.1 Å². The van der Waals surface area contributed by atoms with E-state index in [0.717, 1.165) is 37.4 Å². The molecule has 7 heteroatoms. The van der Waals surface area contributed by atoms with Crippen LogP contribution < -0.4 is 5.32 Å². The number of rotatable bonds is 4. The summed E-state index contributed by atoms with van der Waals surface area (Å²) in [5, 5.41) is 6.05. The molecule has 2 aromatic heterocycles. The Morgan fingerprint density at radius 1 is 1.38 bits per heavy atom. The minimum absolute atomic E-state index is 0.0696. The molecule has 24 heavy (non-hydrogen) atoms. The van der Waals surface area contributed by atoms with Gasteiger partial charge in [0.05, 0.1) is 24.5 Å². The van der Waals surface area contributed by atoms with Gasteiger partial charge in [0.25, 0.3) is 5.91 Å². The number of thiazole rings is 1. The van der Waals surface area contributed by atoms with Gasteiger partial charge in [-0.15, -0.1) is 11.3 Å². The Morgan fingerprint density at radius 3 is 3.12 bits per heavy atom. The van der Waals surface area contributed by atoms with Gasteiger partial charge in [0.15, 0.2) is 0 Å². The van der Waals surface area contributed by atoms with Gasteiger partial charge in [0.2, 0.25) is 0 Å². The first-order chi connectivity index (χ1) is 11.8. The number of nitrogens with zero attached hydrogens (tertiary/aromatic N) is 3. The molecule has 0 bridgehead atoms. The normalized spacial score (nSPS) is 26.9. The van der Waals surface area contributed by atoms with E-state index >= 15 is 0 Å². The van der Waals surface area contributed by atoms with Gasteiger partial charge in [-0.1, -0.05) is 0 Å². The molecule has 1 amide bonds. The third kappa shape index (κ3) is 3.33. The highest BCUT2D eigenvalue weighted by molar-refractivity contribution is 7.09. The molecule has 0 aromatic carbocycles. The Labute approximate surface area is 144 Å². The van der Waals surface area contributed by atoms with Crippen molar-refractivity contribution in [1.29, 1.82) is 0 Å². The number of hydrogen-bond acceptors (Lipinski definition) is 6. The maximum atomic E-state index is 12.4. The van der Waals surface area contributed by atoms with E-state index in [9.17, 15) is 4.79 Å². The summed E-state index contributed by atoms with van der Waals surface area (Å²) in [7, 11) is 0. The van der Waals surface area contributed by atoms with Crippen molar-refractivity contribution in [3.05, 3.63) is 41.1 Å². The SMILES string of the molecule is O=C(Nc1cccnc1)[C@H]1CC[C@@H]2[C@@H](CCN2Cc2nccs2)O1. The number of ether oxygens (including phenoxy) is 1. The molecule has 3 atom stereocenters. The highest BCUT2D eigenvalue weighted by atomic mass is 32.1. The Hall–Kier alpha value is -1.83. The van der Waals surface area contributed by atoms with Crippen molar-refractivity contribution in [1.82, 2.24) is 14.9 Å². The smallest absolute Gasteiger partial charge is 0.253 e. The van der Waals surface area contributed by atoms with Gasteiger partial charge in [-0.3, -0.25) is 14.7 Å². The van der Waals surface area contributed by atoms with Gasteiger partial charge >= 0.3 is 0 Å². The molecule has 0 saturated carbocycles. The summed E-state index contributed by atoms with van der Waals surface area (Å²) in [5.74, 6) is -0.0696. The van der Waals surface area contributed by atoms with Crippen molar-refractivity contribution in [3.8, 4) is 0 Å². The number of fused-ring (bicyclic) bond motifs is 1. The topological polar surface area (TPSA) is 67.4 Å². The summed E-state index contributed by atoms with van der Waals surface area (Å²) in [6.45, 7) is 1.89. The fourth-order valence-electron chi connectivity index (χ4n) is 3.57. The lowest BCUT2D eigenvalue weighted by Crippen LogP contribution is -2.46. The van der Waals surface area contributed by atoms with Gasteiger partial charge in [0, 0.05) is 30.4 Å². The molecule has 0 radical (unpaired) electrons. The molecule has 0 aliphatic carbocycles. The number of amides is 1. The Morgan fingerprint density at radius 2 is 2.33 bits per heavy atom. The minimum Gasteiger partial charge on any atom is -0.363 e. The second-order valence-electron chi connectivity index (χ2n) is 6.22. The molecule has 1 N–H and O–H groups in total. The second-order valence-corrected chi connectivity index (χ2v) is 7.20. The molecular formula is C17H20N4O2S. The van der Waals surface area contributed by atoms with E-state index in [0.29, 0.717) is 11.7 Å². The molecule has 4 heterocycles. The summed E-state index contributed by atoms with van der Waals surface area (Å²) in [6, 6.07) is 4.04. The molecule has 2 fully saturated rings. The zero-order valence-electron chi connectivity index (χ0n) is 13.3. The molecule has 2 saturated heterocycles. The first-order valence-electron chi connectivity index (χ1n) is 8.28. The molecule has 0 unspecified atom stereocenters. The van der Waals surface area contributed by atoms with Crippen LogP contribution in [0.3, 0.4) is 0 Å². The van der Waals surface area contributed by atoms with Gasteiger partial charge in [-0.25, -0.2) is 4.98 Å². The zero-order chi connectivity index (χ0) is 16.4. The average molecular weight is 344 g/mol.